The van der Waals surface area contributed by atoms with Crippen LogP contribution in [0.1, 0.15) is 29.9 Å². The average Bonchev–Trinajstić information content (AvgIpc) is 2.19. The highest BCUT2D eigenvalue weighted by Gasteiger charge is 2.20. The predicted molar refractivity (Wildman–Crippen MR) is 56.2 cm³/mol. The van der Waals surface area contributed by atoms with Crippen molar-refractivity contribution in [3.8, 4) is 0 Å². The maximum atomic E-state index is 5.90. The quantitative estimate of drug-likeness (QED) is 0.739. The largest absolute Gasteiger partial charge is 0.383 e. The average molecular weight is 192 g/mol. The number of pyridine rings is 1. The summed E-state index contributed by atoms with van der Waals surface area (Å²) in [5.41, 5.74) is 8.39. The third kappa shape index (κ3) is 1.73. The van der Waals surface area contributed by atoms with E-state index >= 15 is 0 Å². The normalized spacial score (nSPS) is 18.4. The van der Waals surface area contributed by atoms with Crippen LogP contribution in [-0.4, -0.2) is 18.2 Å². The van der Waals surface area contributed by atoms with Gasteiger partial charge in [0.25, 0.3) is 0 Å². The molecule has 2 rings (SSSR count). The fourth-order valence-electron chi connectivity index (χ4n) is 2.11. The monoisotopic (exact) mass is 192 g/mol. The molecule has 0 saturated carbocycles. The van der Waals surface area contributed by atoms with Gasteiger partial charge >= 0.3 is 0 Å². The van der Waals surface area contributed by atoms with E-state index in [0.717, 1.165) is 26.1 Å². The highest BCUT2D eigenvalue weighted by atomic mass is 16.5. The first kappa shape index (κ1) is 9.46. The molecular weight excluding hydrogens is 176 g/mol. The second-order valence-electron chi connectivity index (χ2n) is 3.81. The third-order valence-corrected chi connectivity index (χ3v) is 2.87. The summed E-state index contributed by atoms with van der Waals surface area (Å²) in [5, 5.41) is 0. The molecule has 3 heteroatoms. The SMILES string of the molecule is Cc1ccnc(N)c1C1CCOCC1. The van der Waals surface area contributed by atoms with Gasteiger partial charge in [-0.15, -0.1) is 0 Å². The van der Waals surface area contributed by atoms with Gasteiger partial charge in [0.2, 0.25) is 0 Å². The van der Waals surface area contributed by atoms with Gasteiger partial charge in [-0.3, -0.25) is 0 Å². The summed E-state index contributed by atoms with van der Waals surface area (Å²) in [7, 11) is 0. The van der Waals surface area contributed by atoms with Crippen molar-refractivity contribution in [2.75, 3.05) is 18.9 Å². The van der Waals surface area contributed by atoms with Gasteiger partial charge in [0.05, 0.1) is 0 Å². The number of nitrogen functional groups attached to an aromatic ring is 1. The molecule has 2 heterocycles. The Kier molecular flexibility index (Phi) is 2.68. The van der Waals surface area contributed by atoms with Crippen LogP contribution in [0, 0.1) is 6.92 Å². The molecule has 14 heavy (non-hydrogen) atoms. The number of anilines is 1. The summed E-state index contributed by atoms with van der Waals surface area (Å²) in [4.78, 5) is 4.15. The van der Waals surface area contributed by atoms with Crippen LogP contribution in [0.2, 0.25) is 0 Å². The Hall–Kier alpha value is -1.09. The lowest BCUT2D eigenvalue weighted by molar-refractivity contribution is 0.0853. The molecule has 1 aliphatic rings. The Labute approximate surface area is 84.3 Å². The second-order valence-corrected chi connectivity index (χ2v) is 3.81. The molecule has 1 saturated heterocycles. The Morgan fingerprint density at radius 3 is 2.79 bits per heavy atom. The van der Waals surface area contributed by atoms with Crippen LogP contribution >= 0.6 is 0 Å². The molecule has 0 aromatic carbocycles. The van der Waals surface area contributed by atoms with E-state index in [4.69, 9.17) is 10.5 Å². The molecule has 0 amide bonds. The Morgan fingerprint density at radius 2 is 2.14 bits per heavy atom. The van der Waals surface area contributed by atoms with Crippen molar-refractivity contribution in [1.29, 1.82) is 0 Å². The van der Waals surface area contributed by atoms with Gasteiger partial charge in [0, 0.05) is 25.0 Å². The highest BCUT2D eigenvalue weighted by molar-refractivity contribution is 5.46. The Morgan fingerprint density at radius 1 is 1.43 bits per heavy atom. The molecule has 1 aromatic rings. The van der Waals surface area contributed by atoms with E-state index in [1.807, 2.05) is 6.07 Å². The van der Waals surface area contributed by atoms with Crippen LogP contribution in [0.25, 0.3) is 0 Å². The van der Waals surface area contributed by atoms with Gasteiger partial charge in [0.15, 0.2) is 0 Å². The summed E-state index contributed by atoms with van der Waals surface area (Å²) in [6.07, 6.45) is 3.90. The molecule has 0 spiro atoms. The second kappa shape index (κ2) is 3.96. The number of hydrogen-bond donors (Lipinski definition) is 1. The van der Waals surface area contributed by atoms with Crippen molar-refractivity contribution < 1.29 is 4.74 Å². The van der Waals surface area contributed by atoms with Crippen molar-refractivity contribution >= 4 is 5.82 Å². The van der Waals surface area contributed by atoms with Crippen molar-refractivity contribution in [3.05, 3.63) is 23.4 Å². The zero-order valence-electron chi connectivity index (χ0n) is 8.49. The molecule has 2 N–H and O–H groups in total. The molecule has 1 fully saturated rings. The minimum absolute atomic E-state index is 0.539. The molecule has 1 aliphatic heterocycles. The van der Waals surface area contributed by atoms with Crippen LogP contribution in [0.5, 0.6) is 0 Å². The first-order valence-corrected chi connectivity index (χ1v) is 5.08. The van der Waals surface area contributed by atoms with Gasteiger partial charge in [-0.1, -0.05) is 0 Å². The van der Waals surface area contributed by atoms with E-state index in [1.165, 1.54) is 11.1 Å². The lowest BCUT2D eigenvalue weighted by atomic mass is 9.89. The standard InChI is InChI=1S/C11H16N2O/c1-8-2-5-13-11(12)10(8)9-3-6-14-7-4-9/h2,5,9H,3-4,6-7H2,1H3,(H2,12,13). The number of aryl methyl sites for hydroxylation is 1. The predicted octanol–water partition coefficient (Wildman–Crippen LogP) is 1.87. The minimum atomic E-state index is 0.539. The van der Waals surface area contributed by atoms with E-state index in [2.05, 4.69) is 11.9 Å². The van der Waals surface area contributed by atoms with Crippen LogP contribution in [0.3, 0.4) is 0 Å². The maximum absolute atomic E-state index is 5.90. The summed E-state index contributed by atoms with van der Waals surface area (Å²) < 4.78 is 5.34. The molecule has 1 aromatic heterocycles. The molecular formula is C11H16N2O. The molecule has 3 nitrogen and oxygen atoms in total. The van der Waals surface area contributed by atoms with Gasteiger partial charge in [-0.05, 0) is 37.3 Å². The van der Waals surface area contributed by atoms with E-state index in [9.17, 15) is 0 Å². The molecule has 0 radical (unpaired) electrons. The third-order valence-electron chi connectivity index (χ3n) is 2.87. The van der Waals surface area contributed by atoms with E-state index in [1.54, 1.807) is 6.20 Å². The minimum Gasteiger partial charge on any atom is -0.383 e. The van der Waals surface area contributed by atoms with Crippen molar-refractivity contribution in [1.82, 2.24) is 4.98 Å². The van der Waals surface area contributed by atoms with Crippen molar-refractivity contribution in [3.63, 3.8) is 0 Å². The molecule has 0 bridgehead atoms. The summed E-state index contributed by atoms with van der Waals surface area (Å²) >= 11 is 0. The number of ether oxygens (including phenoxy) is 1. The van der Waals surface area contributed by atoms with Crippen LogP contribution < -0.4 is 5.73 Å². The van der Waals surface area contributed by atoms with E-state index in [-0.39, 0.29) is 0 Å². The van der Waals surface area contributed by atoms with Crippen LogP contribution in [0.15, 0.2) is 12.3 Å². The summed E-state index contributed by atoms with van der Waals surface area (Å²) in [6.45, 7) is 3.79. The lowest BCUT2D eigenvalue weighted by Crippen LogP contribution is -2.16. The van der Waals surface area contributed by atoms with Crippen molar-refractivity contribution in [2.24, 2.45) is 0 Å². The maximum Gasteiger partial charge on any atom is 0.127 e. The number of aromatic nitrogens is 1. The van der Waals surface area contributed by atoms with Gasteiger partial charge in [-0.25, -0.2) is 4.98 Å². The van der Waals surface area contributed by atoms with E-state index in [0.29, 0.717) is 11.7 Å². The van der Waals surface area contributed by atoms with Crippen molar-refractivity contribution in [2.45, 2.75) is 25.7 Å². The molecule has 76 valence electrons. The molecule has 0 atom stereocenters. The van der Waals surface area contributed by atoms with Gasteiger partial charge in [0.1, 0.15) is 5.82 Å². The summed E-state index contributed by atoms with van der Waals surface area (Å²) in [5.74, 6) is 1.23. The Balaban J connectivity index is 2.29. The number of hydrogen-bond acceptors (Lipinski definition) is 3. The smallest absolute Gasteiger partial charge is 0.127 e. The zero-order chi connectivity index (χ0) is 9.97. The fraction of sp³-hybridized carbons (Fsp3) is 0.545. The van der Waals surface area contributed by atoms with Crippen LogP contribution in [-0.2, 0) is 4.74 Å². The van der Waals surface area contributed by atoms with Gasteiger partial charge in [-0.2, -0.15) is 0 Å². The lowest BCUT2D eigenvalue weighted by Gasteiger charge is -2.24. The Bertz CT molecular complexity index is 299. The highest BCUT2D eigenvalue weighted by Crippen LogP contribution is 2.31. The number of rotatable bonds is 1. The van der Waals surface area contributed by atoms with E-state index < -0.39 is 0 Å². The number of nitrogens with zero attached hydrogens (tertiary/aromatic N) is 1. The first-order chi connectivity index (χ1) is 6.79. The number of nitrogens with two attached hydrogens (primary N) is 1. The molecule has 0 unspecified atom stereocenters. The van der Waals surface area contributed by atoms with Gasteiger partial charge < -0.3 is 10.5 Å². The summed E-state index contributed by atoms with van der Waals surface area (Å²) in [6, 6.07) is 2.03. The topological polar surface area (TPSA) is 48.1 Å². The first-order valence-electron chi connectivity index (χ1n) is 5.08. The molecule has 0 aliphatic carbocycles. The van der Waals surface area contributed by atoms with Crippen LogP contribution in [0.4, 0.5) is 5.82 Å². The fourth-order valence-corrected chi connectivity index (χ4v) is 2.11. The zero-order valence-corrected chi connectivity index (χ0v) is 8.49.